The van der Waals surface area contributed by atoms with E-state index < -0.39 is 0 Å². The van der Waals surface area contributed by atoms with Gasteiger partial charge < -0.3 is 5.73 Å². The molecule has 0 saturated carbocycles. The van der Waals surface area contributed by atoms with E-state index in [-0.39, 0.29) is 5.54 Å². The highest BCUT2D eigenvalue weighted by atomic mass is 15.2. The van der Waals surface area contributed by atoms with E-state index in [0.717, 1.165) is 6.54 Å². The SMILES string of the molecule is Cc1ccccc1C1(CN)CCCN1C. The Bertz CT molecular complexity index is 348. The van der Waals surface area contributed by atoms with Gasteiger partial charge in [0, 0.05) is 6.54 Å². The van der Waals surface area contributed by atoms with Crippen LogP contribution in [0.3, 0.4) is 0 Å². The number of rotatable bonds is 2. The predicted octanol–water partition coefficient (Wildman–Crippen LogP) is 1.87. The molecule has 1 saturated heterocycles. The van der Waals surface area contributed by atoms with E-state index >= 15 is 0 Å². The third-order valence-electron chi connectivity index (χ3n) is 3.80. The van der Waals surface area contributed by atoms with E-state index in [0.29, 0.717) is 6.54 Å². The zero-order chi connectivity index (χ0) is 10.9. The van der Waals surface area contributed by atoms with Gasteiger partial charge in [0.25, 0.3) is 0 Å². The molecule has 1 aromatic carbocycles. The molecule has 0 aromatic heterocycles. The molecular formula is C13H20N2. The summed E-state index contributed by atoms with van der Waals surface area (Å²) in [4.78, 5) is 2.41. The number of aryl methyl sites for hydroxylation is 1. The maximum absolute atomic E-state index is 6.02. The third-order valence-corrected chi connectivity index (χ3v) is 3.80. The molecule has 0 aliphatic carbocycles. The highest BCUT2D eigenvalue weighted by Gasteiger charge is 2.39. The van der Waals surface area contributed by atoms with Gasteiger partial charge in [0.2, 0.25) is 0 Å². The molecule has 2 N–H and O–H groups in total. The van der Waals surface area contributed by atoms with Gasteiger partial charge >= 0.3 is 0 Å². The third kappa shape index (κ3) is 1.58. The van der Waals surface area contributed by atoms with E-state index in [9.17, 15) is 0 Å². The molecule has 1 unspecified atom stereocenters. The first-order chi connectivity index (χ1) is 7.20. The molecule has 2 nitrogen and oxygen atoms in total. The highest BCUT2D eigenvalue weighted by Crippen LogP contribution is 2.38. The van der Waals surface area contributed by atoms with Gasteiger partial charge in [-0.05, 0) is 44.5 Å². The van der Waals surface area contributed by atoms with Crippen molar-refractivity contribution in [1.82, 2.24) is 4.90 Å². The zero-order valence-electron chi connectivity index (χ0n) is 9.66. The summed E-state index contributed by atoms with van der Waals surface area (Å²) < 4.78 is 0. The van der Waals surface area contributed by atoms with Crippen LogP contribution in [0.1, 0.15) is 24.0 Å². The lowest BCUT2D eigenvalue weighted by Gasteiger charge is -2.36. The Balaban J connectivity index is 2.47. The molecule has 2 heteroatoms. The van der Waals surface area contributed by atoms with Gasteiger partial charge in [0.1, 0.15) is 0 Å². The molecule has 2 rings (SSSR count). The first kappa shape index (κ1) is 10.7. The van der Waals surface area contributed by atoms with Gasteiger partial charge in [0.15, 0.2) is 0 Å². The molecule has 82 valence electrons. The van der Waals surface area contributed by atoms with Gasteiger partial charge in [-0.25, -0.2) is 0 Å². The molecule has 0 bridgehead atoms. The van der Waals surface area contributed by atoms with Crippen molar-refractivity contribution in [2.45, 2.75) is 25.3 Å². The Kier molecular flexibility index (Phi) is 2.81. The van der Waals surface area contributed by atoms with Crippen LogP contribution in [0.5, 0.6) is 0 Å². The number of hydrogen-bond acceptors (Lipinski definition) is 2. The predicted molar refractivity (Wildman–Crippen MR) is 63.8 cm³/mol. The minimum absolute atomic E-state index is 0.0886. The van der Waals surface area contributed by atoms with Crippen LogP contribution < -0.4 is 5.73 Å². The lowest BCUT2D eigenvalue weighted by atomic mass is 9.85. The molecule has 0 amide bonds. The van der Waals surface area contributed by atoms with Crippen molar-refractivity contribution < 1.29 is 0 Å². The molecule has 1 heterocycles. The van der Waals surface area contributed by atoms with Gasteiger partial charge in [-0.1, -0.05) is 24.3 Å². The summed E-state index contributed by atoms with van der Waals surface area (Å²) in [6.07, 6.45) is 2.44. The maximum atomic E-state index is 6.02. The van der Waals surface area contributed by atoms with Gasteiger partial charge in [-0.2, -0.15) is 0 Å². The van der Waals surface area contributed by atoms with Crippen molar-refractivity contribution in [3.8, 4) is 0 Å². The Morgan fingerprint density at radius 2 is 2.13 bits per heavy atom. The number of benzene rings is 1. The van der Waals surface area contributed by atoms with Crippen LogP contribution in [-0.4, -0.2) is 25.0 Å². The van der Waals surface area contributed by atoms with Crippen LogP contribution in [0.15, 0.2) is 24.3 Å². The number of likely N-dealkylation sites (tertiary alicyclic amines) is 1. The summed E-state index contributed by atoms with van der Waals surface area (Å²) in [5.74, 6) is 0. The first-order valence-corrected chi connectivity index (χ1v) is 5.68. The van der Waals surface area contributed by atoms with E-state index in [1.165, 1.54) is 24.0 Å². The summed E-state index contributed by atoms with van der Waals surface area (Å²) in [6, 6.07) is 8.62. The second kappa shape index (κ2) is 3.95. The Hall–Kier alpha value is -0.860. The fourth-order valence-electron chi connectivity index (χ4n) is 2.82. The molecule has 1 aromatic rings. The molecule has 15 heavy (non-hydrogen) atoms. The van der Waals surface area contributed by atoms with Crippen LogP contribution >= 0.6 is 0 Å². The normalized spacial score (nSPS) is 27.1. The standard InChI is InChI=1S/C13H20N2/c1-11-6-3-4-7-12(11)13(10-14)8-5-9-15(13)2/h3-4,6-7H,5,8-10,14H2,1-2H3. The summed E-state index contributed by atoms with van der Waals surface area (Å²) in [5.41, 5.74) is 8.87. The van der Waals surface area contributed by atoms with E-state index in [1.54, 1.807) is 0 Å². The topological polar surface area (TPSA) is 29.3 Å². The van der Waals surface area contributed by atoms with E-state index in [2.05, 4.69) is 43.1 Å². The molecule has 0 radical (unpaired) electrons. The van der Waals surface area contributed by atoms with Crippen LogP contribution in [0, 0.1) is 6.92 Å². The highest BCUT2D eigenvalue weighted by molar-refractivity contribution is 5.34. The second-order valence-corrected chi connectivity index (χ2v) is 4.58. The minimum atomic E-state index is 0.0886. The Labute approximate surface area is 92.1 Å². The number of nitrogens with zero attached hydrogens (tertiary/aromatic N) is 1. The summed E-state index contributed by atoms with van der Waals surface area (Å²) >= 11 is 0. The minimum Gasteiger partial charge on any atom is -0.328 e. The summed E-state index contributed by atoms with van der Waals surface area (Å²) in [6.45, 7) is 4.05. The largest absolute Gasteiger partial charge is 0.328 e. The Morgan fingerprint density at radius 3 is 2.67 bits per heavy atom. The Morgan fingerprint density at radius 1 is 1.40 bits per heavy atom. The monoisotopic (exact) mass is 204 g/mol. The maximum Gasteiger partial charge on any atom is 0.0584 e. The molecule has 1 aliphatic heterocycles. The van der Waals surface area contributed by atoms with E-state index in [1.807, 2.05) is 0 Å². The lowest BCUT2D eigenvalue weighted by molar-refractivity contribution is 0.182. The van der Waals surface area contributed by atoms with Crippen LogP contribution in [0.2, 0.25) is 0 Å². The first-order valence-electron chi connectivity index (χ1n) is 5.68. The van der Waals surface area contributed by atoms with Crippen molar-refractivity contribution >= 4 is 0 Å². The summed E-state index contributed by atoms with van der Waals surface area (Å²) in [5, 5.41) is 0. The summed E-state index contributed by atoms with van der Waals surface area (Å²) in [7, 11) is 2.19. The zero-order valence-corrected chi connectivity index (χ0v) is 9.66. The van der Waals surface area contributed by atoms with Gasteiger partial charge in [-0.3, -0.25) is 4.90 Å². The number of likely N-dealkylation sites (N-methyl/N-ethyl adjacent to an activating group) is 1. The van der Waals surface area contributed by atoms with Crippen molar-refractivity contribution in [3.05, 3.63) is 35.4 Å². The van der Waals surface area contributed by atoms with Gasteiger partial charge in [-0.15, -0.1) is 0 Å². The van der Waals surface area contributed by atoms with E-state index in [4.69, 9.17) is 5.73 Å². The molecular weight excluding hydrogens is 184 g/mol. The van der Waals surface area contributed by atoms with Crippen LogP contribution in [-0.2, 0) is 5.54 Å². The molecule has 1 fully saturated rings. The van der Waals surface area contributed by atoms with Crippen molar-refractivity contribution in [2.24, 2.45) is 5.73 Å². The average molecular weight is 204 g/mol. The van der Waals surface area contributed by atoms with Crippen LogP contribution in [0.25, 0.3) is 0 Å². The number of hydrogen-bond donors (Lipinski definition) is 1. The molecule has 1 atom stereocenters. The molecule has 1 aliphatic rings. The second-order valence-electron chi connectivity index (χ2n) is 4.58. The average Bonchev–Trinajstić information content (AvgIpc) is 2.61. The van der Waals surface area contributed by atoms with Crippen molar-refractivity contribution in [3.63, 3.8) is 0 Å². The lowest BCUT2D eigenvalue weighted by Crippen LogP contribution is -2.45. The fraction of sp³-hybridized carbons (Fsp3) is 0.538. The van der Waals surface area contributed by atoms with Crippen molar-refractivity contribution in [1.29, 1.82) is 0 Å². The van der Waals surface area contributed by atoms with Crippen molar-refractivity contribution in [2.75, 3.05) is 20.1 Å². The molecule has 0 spiro atoms. The van der Waals surface area contributed by atoms with Crippen LogP contribution in [0.4, 0.5) is 0 Å². The van der Waals surface area contributed by atoms with Gasteiger partial charge in [0.05, 0.1) is 5.54 Å². The number of nitrogens with two attached hydrogens (primary N) is 1. The quantitative estimate of drug-likeness (QED) is 0.797. The fourth-order valence-corrected chi connectivity index (χ4v) is 2.82. The smallest absolute Gasteiger partial charge is 0.0584 e.